The number of halogens is 3. The fourth-order valence-corrected chi connectivity index (χ4v) is 2.26. The maximum Gasteiger partial charge on any atom is 0.387 e. The summed E-state index contributed by atoms with van der Waals surface area (Å²) in [6.07, 6.45) is 0. The van der Waals surface area contributed by atoms with E-state index in [1.54, 1.807) is 30.3 Å². The molecule has 0 aliphatic carbocycles. The van der Waals surface area contributed by atoms with E-state index >= 15 is 0 Å². The first-order valence-corrected chi connectivity index (χ1v) is 6.29. The Bertz CT molecular complexity index is 573. The van der Waals surface area contributed by atoms with E-state index < -0.39 is 6.61 Å². The number of hydrogen-bond acceptors (Lipinski definition) is 2. The molecule has 0 aliphatic rings. The van der Waals surface area contributed by atoms with E-state index in [2.05, 4.69) is 20.7 Å². The zero-order chi connectivity index (χ0) is 13.8. The van der Waals surface area contributed by atoms with Gasteiger partial charge in [-0.25, -0.2) is 0 Å². The molecule has 0 spiro atoms. The molecule has 2 rings (SSSR count). The summed E-state index contributed by atoms with van der Waals surface area (Å²) in [5, 5.41) is 0. The highest BCUT2D eigenvalue weighted by Gasteiger charge is 2.16. The minimum Gasteiger partial charge on any atom is -0.496 e. The summed E-state index contributed by atoms with van der Waals surface area (Å²) in [7, 11) is 1.53. The van der Waals surface area contributed by atoms with Crippen molar-refractivity contribution in [3.05, 3.63) is 46.9 Å². The minimum absolute atomic E-state index is 0.0991. The van der Waals surface area contributed by atoms with E-state index in [1.807, 2.05) is 12.1 Å². The summed E-state index contributed by atoms with van der Waals surface area (Å²) in [5.41, 5.74) is 1.24. The molecule has 0 saturated carbocycles. The lowest BCUT2D eigenvalue weighted by atomic mass is 10.0. The Labute approximate surface area is 118 Å². The first-order valence-electron chi connectivity index (χ1n) is 5.50. The highest BCUT2D eigenvalue weighted by molar-refractivity contribution is 9.10. The van der Waals surface area contributed by atoms with Crippen LogP contribution in [0.1, 0.15) is 0 Å². The van der Waals surface area contributed by atoms with Crippen LogP contribution in [-0.2, 0) is 0 Å². The van der Waals surface area contributed by atoms with Gasteiger partial charge in [0.25, 0.3) is 0 Å². The Morgan fingerprint density at radius 2 is 1.68 bits per heavy atom. The molecule has 5 heteroatoms. The molecule has 2 aromatic rings. The zero-order valence-electron chi connectivity index (χ0n) is 10.1. The van der Waals surface area contributed by atoms with Crippen LogP contribution in [0.3, 0.4) is 0 Å². The molecule has 0 atom stereocenters. The van der Waals surface area contributed by atoms with Crippen molar-refractivity contribution in [3.8, 4) is 22.6 Å². The van der Waals surface area contributed by atoms with Crippen molar-refractivity contribution >= 4 is 15.9 Å². The van der Waals surface area contributed by atoms with Crippen molar-refractivity contribution in [1.82, 2.24) is 0 Å². The molecule has 2 nitrogen and oxygen atoms in total. The smallest absolute Gasteiger partial charge is 0.387 e. The fourth-order valence-electron chi connectivity index (χ4n) is 1.80. The van der Waals surface area contributed by atoms with Gasteiger partial charge in [0.15, 0.2) is 0 Å². The van der Waals surface area contributed by atoms with Crippen molar-refractivity contribution < 1.29 is 18.3 Å². The fraction of sp³-hybridized carbons (Fsp3) is 0.143. The van der Waals surface area contributed by atoms with Gasteiger partial charge in [-0.05, 0) is 28.1 Å². The van der Waals surface area contributed by atoms with E-state index in [1.165, 1.54) is 7.11 Å². The number of para-hydroxylation sites is 2. The van der Waals surface area contributed by atoms with Crippen LogP contribution in [0.15, 0.2) is 46.9 Å². The number of methoxy groups -OCH3 is 1. The van der Waals surface area contributed by atoms with Crippen molar-refractivity contribution in [2.45, 2.75) is 6.61 Å². The van der Waals surface area contributed by atoms with Gasteiger partial charge < -0.3 is 9.47 Å². The van der Waals surface area contributed by atoms with Crippen LogP contribution in [0.5, 0.6) is 11.5 Å². The number of rotatable bonds is 4. The molecule has 0 amide bonds. The Morgan fingerprint density at radius 3 is 2.37 bits per heavy atom. The SMILES string of the molecule is COc1ccccc1-c1cccc(Br)c1OC(F)F. The van der Waals surface area contributed by atoms with Crippen LogP contribution in [0.4, 0.5) is 8.78 Å². The number of hydrogen-bond donors (Lipinski definition) is 0. The molecule has 0 unspecified atom stereocenters. The molecule has 0 N–H and O–H groups in total. The van der Waals surface area contributed by atoms with Gasteiger partial charge >= 0.3 is 6.61 Å². The second kappa shape index (κ2) is 6.02. The first-order chi connectivity index (χ1) is 9.13. The molecule has 19 heavy (non-hydrogen) atoms. The van der Waals surface area contributed by atoms with Gasteiger partial charge in [0.2, 0.25) is 0 Å². The predicted molar refractivity (Wildman–Crippen MR) is 72.8 cm³/mol. The topological polar surface area (TPSA) is 18.5 Å². The summed E-state index contributed by atoms with van der Waals surface area (Å²) < 4.78 is 35.3. The second-order valence-corrected chi connectivity index (χ2v) is 4.55. The van der Waals surface area contributed by atoms with Gasteiger partial charge in [-0.2, -0.15) is 8.78 Å². The molecular weight excluding hydrogens is 318 g/mol. The lowest BCUT2D eigenvalue weighted by Crippen LogP contribution is -2.04. The molecular formula is C14H11BrF2O2. The maximum atomic E-state index is 12.5. The van der Waals surface area contributed by atoms with E-state index in [9.17, 15) is 8.78 Å². The standard InChI is InChI=1S/C14H11BrF2O2/c1-18-12-8-3-2-5-9(12)10-6-4-7-11(15)13(10)19-14(16)17/h2-8,14H,1H3. The monoisotopic (exact) mass is 328 g/mol. The largest absolute Gasteiger partial charge is 0.496 e. The van der Waals surface area contributed by atoms with Crippen molar-refractivity contribution in [2.75, 3.05) is 7.11 Å². The maximum absolute atomic E-state index is 12.5. The predicted octanol–water partition coefficient (Wildman–Crippen LogP) is 4.73. The average molecular weight is 329 g/mol. The summed E-state index contributed by atoms with van der Waals surface area (Å²) in [4.78, 5) is 0. The van der Waals surface area contributed by atoms with E-state index in [4.69, 9.17) is 4.74 Å². The Hall–Kier alpha value is -1.62. The quantitative estimate of drug-likeness (QED) is 0.808. The Balaban J connectivity index is 2.58. The summed E-state index contributed by atoms with van der Waals surface area (Å²) in [6.45, 7) is -2.88. The number of ether oxygens (including phenoxy) is 2. The van der Waals surface area contributed by atoms with Crippen LogP contribution in [0.2, 0.25) is 0 Å². The van der Waals surface area contributed by atoms with Gasteiger partial charge in [0.05, 0.1) is 11.6 Å². The Kier molecular flexibility index (Phi) is 4.37. The van der Waals surface area contributed by atoms with Crippen molar-refractivity contribution in [1.29, 1.82) is 0 Å². The number of benzene rings is 2. The summed E-state index contributed by atoms with van der Waals surface area (Å²) in [6, 6.07) is 12.3. The van der Waals surface area contributed by atoms with Crippen LogP contribution >= 0.6 is 15.9 Å². The lowest BCUT2D eigenvalue weighted by Gasteiger charge is -2.14. The second-order valence-electron chi connectivity index (χ2n) is 3.70. The molecule has 0 bridgehead atoms. The normalized spacial score (nSPS) is 10.6. The molecule has 2 aromatic carbocycles. The number of alkyl halides is 2. The van der Waals surface area contributed by atoms with E-state index in [-0.39, 0.29) is 5.75 Å². The van der Waals surface area contributed by atoms with Crippen LogP contribution in [0.25, 0.3) is 11.1 Å². The van der Waals surface area contributed by atoms with Crippen molar-refractivity contribution in [3.63, 3.8) is 0 Å². The molecule has 0 heterocycles. The third kappa shape index (κ3) is 3.04. The third-order valence-corrected chi connectivity index (χ3v) is 3.20. The first kappa shape index (κ1) is 13.8. The van der Waals surface area contributed by atoms with Gasteiger partial charge in [-0.3, -0.25) is 0 Å². The average Bonchev–Trinajstić information content (AvgIpc) is 2.40. The highest BCUT2D eigenvalue weighted by Crippen LogP contribution is 2.40. The van der Waals surface area contributed by atoms with Gasteiger partial charge in [0, 0.05) is 11.1 Å². The molecule has 0 aromatic heterocycles. The van der Waals surface area contributed by atoms with Crippen LogP contribution < -0.4 is 9.47 Å². The molecule has 100 valence electrons. The van der Waals surface area contributed by atoms with Crippen molar-refractivity contribution in [2.24, 2.45) is 0 Å². The Morgan fingerprint density at radius 1 is 1.00 bits per heavy atom. The van der Waals surface area contributed by atoms with E-state index in [0.29, 0.717) is 21.3 Å². The van der Waals surface area contributed by atoms with Gasteiger partial charge in [0.1, 0.15) is 11.5 Å². The van der Waals surface area contributed by atoms with Gasteiger partial charge in [-0.1, -0.05) is 30.3 Å². The minimum atomic E-state index is -2.88. The van der Waals surface area contributed by atoms with Crippen LogP contribution in [0, 0.1) is 0 Å². The highest BCUT2D eigenvalue weighted by atomic mass is 79.9. The molecule has 0 aliphatic heterocycles. The van der Waals surface area contributed by atoms with Gasteiger partial charge in [-0.15, -0.1) is 0 Å². The molecule has 0 saturated heterocycles. The molecule has 0 radical (unpaired) electrons. The summed E-state index contributed by atoms with van der Waals surface area (Å²) in [5.74, 6) is 0.696. The summed E-state index contributed by atoms with van der Waals surface area (Å²) >= 11 is 3.22. The molecule has 0 fully saturated rings. The lowest BCUT2D eigenvalue weighted by molar-refractivity contribution is -0.0499. The zero-order valence-corrected chi connectivity index (χ0v) is 11.7. The third-order valence-electron chi connectivity index (χ3n) is 2.57. The van der Waals surface area contributed by atoms with Crippen LogP contribution in [-0.4, -0.2) is 13.7 Å². The van der Waals surface area contributed by atoms with E-state index in [0.717, 1.165) is 0 Å².